The molecule has 0 saturated carbocycles. The molecule has 3 aliphatic rings. The van der Waals surface area contributed by atoms with E-state index in [9.17, 15) is 9.59 Å². The molecule has 210 valence electrons. The van der Waals surface area contributed by atoms with E-state index in [0.29, 0.717) is 0 Å². The van der Waals surface area contributed by atoms with E-state index in [2.05, 4.69) is 144 Å². The predicted octanol–water partition coefficient (Wildman–Crippen LogP) is 9.38. The second-order valence-electron chi connectivity index (χ2n) is 16.3. The SMILES string of the molecule is CC(C)(C)C1=CC2(C=C(C(C)(C)C)C1=O)c1cccc3cccc(c13)C21C=C(C(C)(C)C)C(=O)C(C(C)(C)C)=C1. The van der Waals surface area contributed by atoms with Gasteiger partial charge in [0, 0.05) is 33.1 Å². The number of allylic oxidation sites excluding steroid dienone is 8. The highest BCUT2D eigenvalue weighted by Crippen LogP contribution is 2.64. The van der Waals surface area contributed by atoms with Crippen molar-refractivity contribution in [2.24, 2.45) is 21.7 Å². The standard InChI is InChI=1S/C38H46O2/c1-33(2,3)26-19-37(20-27(31(26)39)34(4,5)6)24-17-13-15-23-16-14-18-25(30(23)24)38(37)21-28(35(7,8)9)32(40)29(22-38)36(10,11)12/h13-22H,1-12H3. The number of hydrogen-bond acceptors (Lipinski definition) is 2. The second kappa shape index (κ2) is 8.28. The average Bonchev–Trinajstić information content (AvgIpc) is 3.01. The summed E-state index contributed by atoms with van der Waals surface area (Å²) >= 11 is 0. The van der Waals surface area contributed by atoms with Gasteiger partial charge in [-0.1, -0.05) is 144 Å². The minimum absolute atomic E-state index is 0.135. The first-order chi connectivity index (χ1) is 18.2. The highest BCUT2D eigenvalue weighted by atomic mass is 16.1. The number of hydrogen-bond donors (Lipinski definition) is 0. The van der Waals surface area contributed by atoms with E-state index in [1.54, 1.807) is 0 Å². The Hall–Kier alpha value is -3.00. The summed E-state index contributed by atoms with van der Waals surface area (Å²) in [6, 6.07) is 13.1. The van der Waals surface area contributed by atoms with Crippen molar-refractivity contribution >= 4 is 22.3 Å². The highest BCUT2D eigenvalue weighted by Gasteiger charge is 2.60. The molecular weight excluding hydrogens is 488 g/mol. The summed E-state index contributed by atoms with van der Waals surface area (Å²) in [5.74, 6) is 0.270. The van der Waals surface area contributed by atoms with Gasteiger partial charge in [-0.3, -0.25) is 9.59 Å². The number of benzene rings is 2. The lowest BCUT2D eigenvalue weighted by Gasteiger charge is -2.49. The molecule has 0 N–H and O–H groups in total. The molecule has 2 aromatic rings. The van der Waals surface area contributed by atoms with Gasteiger partial charge in [-0.05, 0) is 43.6 Å². The first-order valence-corrected chi connectivity index (χ1v) is 14.7. The Bertz CT molecular complexity index is 1400. The van der Waals surface area contributed by atoms with Crippen LogP contribution in [0.2, 0.25) is 0 Å². The summed E-state index contributed by atoms with van der Waals surface area (Å²) in [5.41, 5.74) is 3.07. The molecule has 0 heterocycles. The van der Waals surface area contributed by atoms with Crippen LogP contribution >= 0.6 is 0 Å². The summed E-state index contributed by atoms with van der Waals surface area (Å²) in [6.45, 7) is 25.7. The average molecular weight is 535 g/mol. The van der Waals surface area contributed by atoms with Gasteiger partial charge in [0.05, 0.1) is 0 Å². The lowest BCUT2D eigenvalue weighted by atomic mass is 9.52. The fourth-order valence-electron chi connectivity index (χ4n) is 7.04. The summed E-state index contributed by atoms with van der Waals surface area (Å²) in [5, 5.41) is 2.42. The zero-order chi connectivity index (χ0) is 29.8. The molecule has 0 amide bonds. The van der Waals surface area contributed by atoms with Gasteiger partial charge in [0.2, 0.25) is 0 Å². The predicted molar refractivity (Wildman–Crippen MR) is 167 cm³/mol. The maximum Gasteiger partial charge on any atom is 0.185 e. The Balaban J connectivity index is 2.08. The highest BCUT2D eigenvalue weighted by molar-refractivity contribution is 6.14. The monoisotopic (exact) mass is 534 g/mol. The van der Waals surface area contributed by atoms with E-state index < -0.39 is 10.8 Å². The molecule has 2 aromatic carbocycles. The lowest BCUT2D eigenvalue weighted by Crippen LogP contribution is -2.48. The van der Waals surface area contributed by atoms with E-state index in [4.69, 9.17) is 0 Å². The van der Waals surface area contributed by atoms with Gasteiger partial charge in [-0.25, -0.2) is 0 Å². The van der Waals surface area contributed by atoms with Crippen molar-refractivity contribution in [2.75, 3.05) is 0 Å². The number of fused-ring (bicyclic) bond motifs is 3. The Morgan fingerprint density at radius 1 is 0.450 bits per heavy atom. The molecule has 0 saturated heterocycles. The normalized spacial score (nSPS) is 20.6. The van der Waals surface area contributed by atoms with Crippen molar-refractivity contribution in [3.8, 4) is 0 Å². The molecule has 2 spiro atoms. The van der Waals surface area contributed by atoms with Crippen molar-refractivity contribution in [2.45, 2.75) is 93.9 Å². The van der Waals surface area contributed by atoms with E-state index in [1.165, 1.54) is 21.9 Å². The first kappa shape index (κ1) is 28.5. The van der Waals surface area contributed by atoms with Crippen LogP contribution in [0, 0.1) is 21.7 Å². The van der Waals surface area contributed by atoms with Gasteiger partial charge in [-0.2, -0.15) is 0 Å². The minimum atomic E-state index is -0.664. The van der Waals surface area contributed by atoms with Crippen LogP contribution in [0.1, 0.15) is 94.2 Å². The van der Waals surface area contributed by atoms with Crippen molar-refractivity contribution in [1.82, 2.24) is 0 Å². The molecule has 2 heteroatoms. The smallest absolute Gasteiger partial charge is 0.185 e. The second-order valence-corrected chi connectivity index (χ2v) is 16.3. The molecule has 2 nitrogen and oxygen atoms in total. The zero-order valence-electron chi connectivity index (χ0n) is 26.6. The van der Waals surface area contributed by atoms with Crippen molar-refractivity contribution in [3.63, 3.8) is 0 Å². The van der Waals surface area contributed by atoms with Crippen molar-refractivity contribution in [3.05, 3.63) is 94.1 Å². The maximum atomic E-state index is 14.2. The van der Waals surface area contributed by atoms with E-state index in [0.717, 1.165) is 22.3 Å². The number of rotatable bonds is 0. The van der Waals surface area contributed by atoms with E-state index in [-0.39, 0.29) is 33.2 Å². The third kappa shape index (κ3) is 3.89. The van der Waals surface area contributed by atoms with Crippen molar-refractivity contribution in [1.29, 1.82) is 0 Å². The van der Waals surface area contributed by atoms with Gasteiger partial charge in [0.15, 0.2) is 11.6 Å². The minimum Gasteiger partial charge on any atom is -0.289 e. The molecule has 3 aliphatic carbocycles. The molecule has 0 bridgehead atoms. The van der Waals surface area contributed by atoms with Gasteiger partial charge in [-0.15, -0.1) is 0 Å². The molecular formula is C38H46O2. The molecule has 0 radical (unpaired) electrons. The number of carbonyl (C=O) groups is 2. The van der Waals surface area contributed by atoms with Crippen LogP contribution in [-0.4, -0.2) is 11.6 Å². The largest absolute Gasteiger partial charge is 0.289 e. The molecule has 0 aromatic heterocycles. The van der Waals surface area contributed by atoms with Crippen LogP contribution in [0.25, 0.3) is 10.8 Å². The Labute approximate surface area is 241 Å². The van der Waals surface area contributed by atoms with Crippen LogP contribution < -0.4 is 0 Å². The lowest BCUT2D eigenvalue weighted by molar-refractivity contribution is -0.115. The third-order valence-electron chi connectivity index (χ3n) is 9.18. The molecule has 0 atom stereocenters. The van der Waals surface area contributed by atoms with Gasteiger partial charge in [0.25, 0.3) is 0 Å². The van der Waals surface area contributed by atoms with Crippen LogP contribution in [0.5, 0.6) is 0 Å². The maximum absolute atomic E-state index is 14.2. The summed E-state index contributed by atoms with van der Waals surface area (Å²) in [7, 11) is 0. The number of ketones is 2. The third-order valence-corrected chi connectivity index (χ3v) is 9.18. The first-order valence-electron chi connectivity index (χ1n) is 14.7. The van der Waals surface area contributed by atoms with E-state index >= 15 is 0 Å². The van der Waals surface area contributed by atoms with Crippen LogP contribution in [0.4, 0.5) is 0 Å². The Morgan fingerprint density at radius 2 is 0.725 bits per heavy atom. The van der Waals surface area contributed by atoms with Gasteiger partial charge < -0.3 is 0 Å². The topological polar surface area (TPSA) is 34.1 Å². The molecule has 40 heavy (non-hydrogen) atoms. The van der Waals surface area contributed by atoms with Crippen LogP contribution in [0.3, 0.4) is 0 Å². The fraction of sp³-hybridized carbons (Fsp3) is 0.474. The summed E-state index contributed by atoms with van der Waals surface area (Å²) in [4.78, 5) is 28.4. The Morgan fingerprint density at radius 3 is 0.975 bits per heavy atom. The molecule has 5 rings (SSSR count). The van der Waals surface area contributed by atoms with Gasteiger partial charge in [0.1, 0.15) is 0 Å². The van der Waals surface area contributed by atoms with Crippen molar-refractivity contribution < 1.29 is 9.59 Å². The molecule has 0 fully saturated rings. The van der Waals surface area contributed by atoms with Gasteiger partial charge >= 0.3 is 0 Å². The molecule has 0 unspecified atom stereocenters. The summed E-state index contributed by atoms with van der Waals surface area (Å²) in [6.07, 6.45) is 9.12. The Kier molecular flexibility index (Phi) is 5.90. The number of carbonyl (C=O) groups excluding carboxylic acids is 2. The van der Waals surface area contributed by atoms with Crippen LogP contribution in [-0.2, 0) is 20.4 Å². The van der Waals surface area contributed by atoms with E-state index in [1.807, 2.05) is 0 Å². The van der Waals surface area contributed by atoms with Crippen LogP contribution in [0.15, 0.2) is 83.0 Å². The fourth-order valence-corrected chi connectivity index (χ4v) is 7.04. The summed E-state index contributed by atoms with van der Waals surface area (Å²) < 4.78 is 0. The zero-order valence-corrected chi connectivity index (χ0v) is 26.6. The quantitative estimate of drug-likeness (QED) is 0.337. The number of Topliss-reactive ketones (excluding diaryl/α,β-unsaturated/α-hetero) is 2. The molecule has 0 aliphatic heterocycles.